The van der Waals surface area contributed by atoms with Crippen molar-refractivity contribution in [2.24, 2.45) is 0 Å². The fraction of sp³-hybridized carbons (Fsp3) is 0.167. The summed E-state index contributed by atoms with van der Waals surface area (Å²) in [6.45, 7) is -0.238. The van der Waals surface area contributed by atoms with E-state index in [0.717, 1.165) is 0 Å². The van der Waals surface area contributed by atoms with Crippen LogP contribution in [0.1, 0.15) is 5.69 Å². The minimum absolute atomic E-state index is 0.0763. The first-order chi connectivity index (χ1) is 9.05. The third-order valence-corrected chi connectivity index (χ3v) is 3.90. The van der Waals surface area contributed by atoms with Crippen molar-refractivity contribution >= 4 is 15.7 Å². The molecule has 1 aromatic heterocycles. The minimum Gasteiger partial charge on any atom is -0.497 e. The predicted molar refractivity (Wildman–Crippen MR) is 70.5 cm³/mol. The van der Waals surface area contributed by atoms with Crippen LogP contribution in [0.5, 0.6) is 5.75 Å². The zero-order chi connectivity index (χ0) is 13.9. The first-order valence-corrected chi connectivity index (χ1v) is 6.98. The predicted octanol–water partition coefficient (Wildman–Crippen LogP) is 1.32. The number of methoxy groups -OCH3 is 1. The molecule has 0 bridgehead atoms. The quantitative estimate of drug-likeness (QED) is 0.771. The highest BCUT2D eigenvalue weighted by Crippen LogP contribution is 2.19. The number of aliphatic hydroxyl groups is 1. The number of rotatable bonds is 5. The molecule has 0 spiro atoms. The number of sulfonamides is 1. The van der Waals surface area contributed by atoms with Crippen LogP contribution in [0.15, 0.2) is 41.4 Å². The van der Waals surface area contributed by atoms with Crippen LogP contribution in [0.25, 0.3) is 0 Å². The molecule has 3 N–H and O–H groups in total. The number of H-pyrrole nitrogens is 1. The van der Waals surface area contributed by atoms with Crippen LogP contribution in [-0.4, -0.2) is 25.6 Å². The molecule has 0 saturated heterocycles. The second kappa shape index (κ2) is 5.33. The lowest BCUT2D eigenvalue weighted by Crippen LogP contribution is -2.12. The van der Waals surface area contributed by atoms with E-state index in [1.807, 2.05) is 0 Å². The van der Waals surface area contributed by atoms with Gasteiger partial charge in [-0.3, -0.25) is 4.72 Å². The average Bonchev–Trinajstić information content (AvgIpc) is 2.89. The number of ether oxygens (including phenoxy) is 1. The van der Waals surface area contributed by atoms with Gasteiger partial charge >= 0.3 is 0 Å². The van der Waals surface area contributed by atoms with E-state index < -0.39 is 10.0 Å². The van der Waals surface area contributed by atoms with Gasteiger partial charge in [0.05, 0.1) is 13.7 Å². The van der Waals surface area contributed by atoms with Crippen molar-refractivity contribution < 1.29 is 18.3 Å². The lowest BCUT2D eigenvalue weighted by Gasteiger charge is -2.07. The summed E-state index contributed by atoms with van der Waals surface area (Å²) in [7, 11) is -2.12. The first-order valence-electron chi connectivity index (χ1n) is 5.50. The average molecular weight is 282 g/mol. The lowest BCUT2D eigenvalue weighted by atomic mass is 10.3. The van der Waals surface area contributed by atoms with Crippen molar-refractivity contribution in [1.29, 1.82) is 0 Å². The van der Waals surface area contributed by atoms with Gasteiger partial charge in [0.15, 0.2) is 0 Å². The summed E-state index contributed by atoms with van der Waals surface area (Å²) in [6.07, 6.45) is 1.33. The van der Waals surface area contributed by atoms with E-state index in [0.29, 0.717) is 17.1 Å². The van der Waals surface area contributed by atoms with E-state index in [1.54, 1.807) is 24.3 Å². The zero-order valence-corrected chi connectivity index (χ0v) is 11.1. The molecule has 2 rings (SSSR count). The van der Waals surface area contributed by atoms with Crippen molar-refractivity contribution in [3.63, 3.8) is 0 Å². The Morgan fingerprint density at radius 3 is 2.53 bits per heavy atom. The van der Waals surface area contributed by atoms with Gasteiger partial charge in [0.25, 0.3) is 10.0 Å². The van der Waals surface area contributed by atoms with Gasteiger partial charge in [-0.1, -0.05) is 0 Å². The number of aromatic nitrogens is 1. The van der Waals surface area contributed by atoms with E-state index >= 15 is 0 Å². The van der Waals surface area contributed by atoms with E-state index in [1.165, 1.54) is 19.4 Å². The number of aromatic amines is 1. The third-order valence-electron chi connectivity index (χ3n) is 2.54. The van der Waals surface area contributed by atoms with Gasteiger partial charge in [0.2, 0.25) is 0 Å². The zero-order valence-electron chi connectivity index (χ0n) is 10.3. The molecule has 19 heavy (non-hydrogen) atoms. The maximum atomic E-state index is 12.0. The van der Waals surface area contributed by atoms with E-state index in [9.17, 15) is 8.42 Å². The number of aliphatic hydroxyl groups excluding tert-OH is 1. The largest absolute Gasteiger partial charge is 0.497 e. The number of hydrogen-bond donors (Lipinski definition) is 3. The minimum atomic E-state index is -3.66. The highest BCUT2D eigenvalue weighted by atomic mass is 32.2. The highest BCUT2D eigenvalue weighted by molar-refractivity contribution is 7.92. The summed E-state index contributed by atoms with van der Waals surface area (Å²) < 4.78 is 31.5. The SMILES string of the molecule is COc1ccc(NS(=O)(=O)c2c[nH]c(CO)c2)cc1. The van der Waals surface area contributed by atoms with E-state index in [4.69, 9.17) is 9.84 Å². The smallest absolute Gasteiger partial charge is 0.263 e. The maximum absolute atomic E-state index is 12.0. The standard InChI is InChI=1S/C12H14N2O4S/c1-18-11-4-2-9(3-5-11)14-19(16,17)12-6-10(8-15)13-7-12/h2-7,13-15H,8H2,1H3. The molecule has 0 radical (unpaired) electrons. The molecule has 0 atom stereocenters. The first kappa shape index (κ1) is 13.4. The fourth-order valence-corrected chi connectivity index (χ4v) is 2.61. The summed E-state index contributed by atoms with van der Waals surface area (Å²) in [4.78, 5) is 2.75. The number of hydrogen-bond acceptors (Lipinski definition) is 4. The second-order valence-corrected chi connectivity index (χ2v) is 5.54. The summed E-state index contributed by atoms with van der Waals surface area (Å²) in [5, 5.41) is 8.90. The molecule has 0 aliphatic rings. The molecule has 6 nitrogen and oxygen atoms in total. The number of benzene rings is 1. The van der Waals surface area contributed by atoms with Crippen LogP contribution in [-0.2, 0) is 16.6 Å². The molecule has 0 unspecified atom stereocenters. The van der Waals surface area contributed by atoms with Crippen molar-refractivity contribution in [2.75, 3.05) is 11.8 Å². The molecule has 0 fully saturated rings. The molecule has 0 aliphatic carbocycles. The van der Waals surface area contributed by atoms with Crippen LogP contribution >= 0.6 is 0 Å². The van der Waals surface area contributed by atoms with Gasteiger partial charge in [0.1, 0.15) is 10.6 Å². The summed E-state index contributed by atoms with van der Waals surface area (Å²) in [5.41, 5.74) is 0.877. The third kappa shape index (κ3) is 3.07. The molecule has 0 amide bonds. The molecule has 1 heterocycles. The van der Waals surface area contributed by atoms with Crippen molar-refractivity contribution in [3.8, 4) is 5.75 Å². The van der Waals surface area contributed by atoms with E-state index in [-0.39, 0.29) is 11.5 Å². The Hall–Kier alpha value is -1.99. The highest BCUT2D eigenvalue weighted by Gasteiger charge is 2.16. The molecule has 7 heteroatoms. The van der Waals surface area contributed by atoms with Gasteiger partial charge in [-0.25, -0.2) is 8.42 Å². The van der Waals surface area contributed by atoms with Gasteiger partial charge in [-0.05, 0) is 30.3 Å². The van der Waals surface area contributed by atoms with Gasteiger partial charge in [0, 0.05) is 17.6 Å². The van der Waals surface area contributed by atoms with Gasteiger partial charge < -0.3 is 14.8 Å². The van der Waals surface area contributed by atoms with Gasteiger partial charge in [-0.15, -0.1) is 0 Å². The van der Waals surface area contributed by atoms with Gasteiger partial charge in [-0.2, -0.15) is 0 Å². The Labute approximate surface area is 111 Å². The Morgan fingerprint density at radius 2 is 2.00 bits per heavy atom. The fourth-order valence-electron chi connectivity index (χ4n) is 1.54. The van der Waals surface area contributed by atoms with Crippen molar-refractivity contribution in [2.45, 2.75) is 11.5 Å². The van der Waals surface area contributed by atoms with Crippen molar-refractivity contribution in [1.82, 2.24) is 4.98 Å². The lowest BCUT2D eigenvalue weighted by molar-refractivity contribution is 0.277. The normalized spacial score (nSPS) is 11.3. The molecule has 102 valence electrons. The second-order valence-electron chi connectivity index (χ2n) is 3.85. The van der Waals surface area contributed by atoms with E-state index in [2.05, 4.69) is 9.71 Å². The number of anilines is 1. The molecule has 0 saturated carbocycles. The Balaban J connectivity index is 2.20. The summed E-state index contributed by atoms with van der Waals surface area (Å²) >= 11 is 0. The molecular formula is C12H14N2O4S. The summed E-state index contributed by atoms with van der Waals surface area (Å²) in [6, 6.07) is 7.92. The monoisotopic (exact) mass is 282 g/mol. The molecule has 0 aliphatic heterocycles. The Morgan fingerprint density at radius 1 is 1.32 bits per heavy atom. The Bertz CT molecular complexity index is 647. The topological polar surface area (TPSA) is 91.4 Å². The number of nitrogens with one attached hydrogen (secondary N) is 2. The van der Waals surface area contributed by atoms with Crippen molar-refractivity contribution in [3.05, 3.63) is 42.2 Å². The summed E-state index contributed by atoms with van der Waals surface area (Å²) in [5.74, 6) is 0.646. The van der Waals surface area contributed by atoms with Crippen LogP contribution in [0, 0.1) is 0 Å². The Kier molecular flexibility index (Phi) is 3.77. The molecule has 2 aromatic rings. The molecular weight excluding hydrogens is 268 g/mol. The molecule has 1 aromatic carbocycles. The maximum Gasteiger partial charge on any atom is 0.263 e. The van der Waals surface area contributed by atoms with Crippen LogP contribution < -0.4 is 9.46 Å². The van der Waals surface area contributed by atoms with Crippen LogP contribution in [0.4, 0.5) is 5.69 Å². The van der Waals surface area contributed by atoms with Crippen LogP contribution in [0.3, 0.4) is 0 Å². The van der Waals surface area contributed by atoms with Crippen LogP contribution in [0.2, 0.25) is 0 Å².